The highest BCUT2D eigenvalue weighted by Gasteiger charge is 2.07. The average molecular weight is 226 g/mol. The quantitative estimate of drug-likeness (QED) is 0.548. The van der Waals surface area contributed by atoms with Crippen LogP contribution in [-0.4, -0.2) is 20.8 Å². The predicted molar refractivity (Wildman–Crippen MR) is 60.1 cm³/mol. The molecule has 0 amide bonds. The molecule has 0 atom stereocenters. The highest BCUT2D eigenvalue weighted by molar-refractivity contribution is 7.86. The van der Waals surface area contributed by atoms with Gasteiger partial charge in [-0.25, -0.2) is 0 Å². The third kappa shape index (κ3) is 4.76. The minimum absolute atomic E-state index is 0.137. The monoisotopic (exact) mass is 226 g/mol. The van der Waals surface area contributed by atoms with Gasteiger partial charge in [-0.05, 0) is 12.0 Å². The van der Waals surface area contributed by atoms with Crippen LogP contribution in [0.4, 0.5) is 0 Å². The summed E-state index contributed by atoms with van der Waals surface area (Å²) < 4.78 is 27.0. The normalized spacial score (nSPS) is 11.2. The van der Waals surface area contributed by atoms with Crippen LogP contribution in [0.2, 0.25) is 0 Å². The Morgan fingerprint density at radius 2 is 1.93 bits per heavy atom. The van der Waals surface area contributed by atoms with Gasteiger partial charge in [0.1, 0.15) is 0 Å². The van der Waals surface area contributed by atoms with Crippen molar-refractivity contribution in [2.24, 2.45) is 0 Å². The number of rotatable bonds is 6. The zero-order valence-corrected chi connectivity index (χ0v) is 9.24. The van der Waals surface area contributed by atoms with E-state index >= 15 is 0 Å². The Morgan fingerprint density at radius 3 is 2.53 bits per heavy atom. The van der Waals surface area contributed by atoms with Crippen molar-refractivity contribution in [3.63, 3.8) is 0 Å². The Hall–Kier alpha value is -1.13. The van der Waals surface area contributed by atoms with E-state index in [0.29, 0.717) is 6.42 Å². The van der Waals surface area contributed by atoms with Crippen molar-refractivity contribution in [1.82, 2.24) is 0 Å². The number of benzene rings is 1. The molecule has 15 heavy (non-hydrogen) atoms. The molecular formula is C11H14O3S. The summed E-state index contributed by atoms with van der Waals surface area (Å²) in [7, 11) is -3.42. The molecule has 0 aromatic heterocycles. The molecule has 1 aromatic rings. The van der Waals surface area contributed by atoms with E-state index in [1.54, 1.807) is 0 Å². The van der Waals surface area contributed by atoms with Gasteiger partial charge in [-0.2, -0.15) is 8.42 Å². The largest absolute Gasteiger partial charge is 0.270 e. The van der Waals surface area contributed by atoms with Crippen molar-refractivity contribution in [2.75, 3.05) is 12.4 Å². The van der Waals surface area contributed by atoms with Gasteiger partial charge >= 0.3 is 0 Å². The van der Waals surface area contributed by atoms with E-state index in [2.05, 4.69) is 6.58 Å². The predicted octanol–water partition coefficient (Wildman–Crippen LogP) is 1.76. The first-order chi connectivity index (χ1) is 7.14. The minimum atomic E-state index is -3.42. The Labute approximate surface area is 90.5 Å². The van der Waals surface area contributed by atoms with E-state index in [-0.39, 0.29) is 12.4 Å². The third-order valence-corrected chi connectivity index (χ3v) is 2.99. The van der Waals surface area contributed by atoms with E-state index in [1.165, 1.54) is 6.08 Å². The van der Waals surface area contributed by atoms with E-state index in [0.717, 1.165) is 5.56 Å². The van der Waals surface area contributed by atoms with Crippen LogP contribution in [0.15, 0.2) is 43.0 Å². The second kappa shape index (κ2) is 5.68. The smallest absolute Gasteiger partial charge is 0.270 e. The van der Waals surface area contributed by atoms with Crippen molar-refractivity contribution < 1.29 is 12.6 Å². The van der Waals surface area contributed by atoms with Crippen molar-refractivity contribution >= 4 is 10.1 Å². The van der Waals surface area contributed by atoms with E-state index in [1.807, 2.05) is 30.3 Å². The van der Waals surface area contributed by atoms with Gasteiger partial charge in [-0.3, -0.25) is 4.18 Å². The zero-order valence-electron chi connectivity index (χ0n) is 8.43. The van der Waals surface area contributed by atoms with E-state index in [4.69, 9.17) is 4.18 Å². The summed E-state index contributed by atoms with van der Waals surface area (Å²) in [6, 6.07) is 9.60. The van der Waals surface area contributed by atoms with Crippen molar-refractivity contribution in [1.29, 1.82) is 0 Å². The maximum atomic E-state index is 11.1. The lowest BCUT2D eigenvalue weighted by atomic mass is 10.2. The molecule has 4 heteroatoms. The molecule has 0 saturated carbocycles. The summed E-state index contributed by atoms with van der Waals surface area (Å²) in [5.74, 6) is -0.137. The van der Waals surface area contributed by atoms with Gasteiger partial charge in [0.2, 0.25) is 0 Å². The molecule has 3 nitrogen and oxygen atoms in total. The molecule has 0 fully saturated rings. The van der Waals surface area contributed by atoms with Crippen molar-refractivity contribution in [3.8, 4) is 0 Å². The van der Waals surface area contributed by atoms with Crippen molar-refractivity contribution in [2.45, 2.75) is 6.42 Å². The Kier molecular flexibility index (Phi) is 4.52. The van der Waals surface area contributed by atoms with Gasteiger partial charge in [0, 0.05) is 0 Å². The van der Waals surface area contributed by atoms with E-state index < -0.39 is 10.1 Å². The van der Waals surface area contributed by atoms with Crippen molar-refractivity contribution in [3.05, 3.63) is 48.6 Å². The first kappa shape index (κ1) is 11.9. The van der Waals surface area contributed by atoms with Crippen LogP contribution in [0.3, 0.4) is 0 Å². The number of hydrogen-bond acceptors (Lipinski definition) is 3. The SMILES string of the molecule is C=CCS(=O)(=O)OCCc1ccccc1. The van der Waals surface area contributed by atoms with Crippen LogP contribution < -0.4 is 0 Å². The standard InChI is InChI=1S/C11H14O3S/c1-2-10-15(12,13)14-9-8-11-6-4-3-5-7-11/h2-7H,1,8-10H2. The molecule has 0 heterocycles. The molecule has 0 spiro atoms. The summed E-state index contributed by atoms with van der Waals surface area (Å²) in [6.07, 6.45) is 1.91. The Morgan fingerprint density at radius 1 is 1.27 bits per heavy atom. The summed E-state index contributed by atoms with van der Waals surface area (Å²) in [5, 5.41) is 0. The lowest BCUT2D eigenvalue weighted by Gasteiger charge is -2.03. The van der Waals surface area contributed by atoms with Gasteiger partial charge in [-0.1, -0.05) is 36.4 Å². The lowest BCUT2D eigenvalue weighted by molar-refractivity contribution is 0.324. The lowest BCUT2D eigenvalue weighted by Crippen LogP contribution is -2.11. The van der Waals surface area contributed by atoms with Gasteiger partial charge in [0.25, 0.3) is 10.1 Å². The summed E-state index contributed by atoms with van der Waals surface area (Å²) in [6.45, 7) is 3.53. The van der Waals surface area contributed by atoms with Crippen LogP contribution in [0.5, 0.6) is 0 Å². The molecule has 0 aliphatic carbocycles. The van der Waals surface area contributed by atoms with Gasteiger partial charge < -0.3 is 0 Å². The average Bonchev–Trinajstić information content (AvgIpc) is 2.19. The molecule has 1 aromatic carbocycles. The molecule has 82 valence electrons. The Bertz CT molecular complexity index is 395. The van der Waals surface area contributed by atoms with Gasteiger partial charge in [-0.15, -0.1) is 6.58 Å². The maximum absolute atomic E-state index is 11.1. The Balaban J connectivity index is 2.37. The maximum Gasteiger partial charge on any atom is 0.270 e. The third-order valence-electron chi connectivity index (χ3n) is 1.82. The fraction of sp³-hybridized carbons (Fsp3) is 0.273. The van der Waals surface area contributed by atoms with Gasteiger partial charge in [0.15, 0.2) is 0 Å². The molecule has 0 unspecified atom stereocenters. The second-order valence-electron chi connectivity index (χ2n) is 3.07. The van der Waals surface area contributed by atoms with Crippen LogP contribution in [0, 0.1) is 0 Å². The molecule has 0 aliphatic heterocycles. The fourth-order valence-electron chi connectivity index (χ4n) is 1.12. The summed E-state index contributed by atoms with van der Waals surface area (Å²) >= 11 is 0. The van der Waals surface area contributed by atoms with Gasteiger partial charge in [0.05, 0.1) is 12.4 Å². The van der Waals surface area contributed by atoms with Crippen LogP contribution in [-0.2, 0) is 20.7 Å². The summed E-state index contributed by atoms with van der Waals surface area (Å²) in [5.41, 5.74) is 1.06. The molecule has 0 saturated heterocycles. The topological polar surface area (TPSA) is 43.4 Å². The highest BCUT2D eigenvalue weighted by Crippen LogP contribution is 2.01. The highest BCUT2D eigenvalue weighted by atomic mass is 32.2. The van der Waals surface area contributed by atoms with E-state index in [9.17, 15) is 8.42 Å². The van der Waals surface area contributed by atoms with Crippen LogP contribution in [0.25, 0.3) is 0 Å². The first-order valence-corrected chi connectivity index (χ1v) is 6.24. The molecule has 0 aliphatic rings. The van der Waals surface area contributed by atoms with Crippen LogP contribution in [0.1, 0.15) is 5.56 Å². The number of hydrogen-bond donors (Lipinski definition) is 0. The first-order valence-electron chi connectivity index (χ1n) is 4.66. The molecule has 0 bridgehead atoms. The van der Waals surface area contributed by atoms with Crippen LogP contribution >= 0.6 is 0 Å². The molecule has 1 rings (SSSR count). The minimum Gasteiger partial charge on any atom is -0.270 e. The molecule has 0 N–H and O–H groups in total. The second-order valence-corrected chi connectivity index (χ2v) is 4.75. The molecule has 0 radical (unpaired) electrons. The fourth-order valence-corrected chi connectivity index (χ4v) is 1.85. The zero-order chi connectivity index (χ0) is 11.1. The summed E-state index contributed by atoms with van der Waals surface area (Å²) in [4.78, 5) is 0. The molecular weight excluding hydrogens is 212 g/mol.